The fourth-order valence-corrected chi connectivity index (χ4v) is 3.99. The third-order valence-corrected chi connectivity index (χ3v) is 5.56. The van der Waals surface area contributed by atoms with Crippen molar-refractivity contribution in [3.63, 3.8) is 0 Å². The Morgan fingerprint density at radius 1 is 1.15 bits per heavy atom. The van der Waals surface area contributed by atoms with E-state index in [9.17, 15) is 0 Å². The van der Waals surface area contributed by atoms with E-state index in [0.717, 1.165) is 41.1 Å². The molecule has 2 aromatic carbocycles. The van der Waals surface area contributed by atoms with E-state index in [4.69, 9.17) is 14.8 Å². The molecule has 0 aliphatic carbocycles. The van der Waals surface area contributed by atoms with Crippen molar-refractivity contribution in [2.45, 2.75) is 25.9 Å². The first-order valence-electron chi connectivity index (χ1n) is 9.29. The highest BCUT2D eigenvalue weighted by atomic mass is 32.1. The maximum absolute atomic E-state index is 5.71. The van der Waals surface area contributed by atoms with Crippen LogP contribution in [0.15, 0.2) is 70.1 Å². The number of ether oxygens (including phenoxy) is 1. The van der Waals surface area contributed by atoms with Crippen molar-refractivity contribution >= 4 is 17.6 Å². The third kappa shape index (κ3) is 4.26. The normalized spacial score (nSPS) is 17.8. The van der Waals surface area contributed by atoms with E-state index in [1.54, 1.807) is 11.3 Å². The number of hydrogen-bond donors (Lipinski definition) is 0. The number of aryl methyl sites for hydroxylation is 1. The van der Waals surface area contributed by atoms with E-state index >= 15 is 0 Å². The molecule has 1 aliphatic heterocycles. The zero-order valence-electron chi connectivity index (χ0n) is 15.4. The van der Waals surface area contributed by atoms with E-state index in [1.807, 2.05) is 41.2 Å². The maximum Gasteiger partial charge on any atom is 0.206 e. The standard InChI is InChI=1S/C22H23N3OS/c1-17-8-5-6-11-19(17)14-24-25-21(18-9-3-2-4-10-18)16-27-22(25)23-15-20-12-7-13-26-20/h2-6,8-11,14,16,20H,7,12-13,15H2,1H3/b23-22?,24-14-/t20-/m1/s1. The van der Waals surface area contributed by atoms with Crippen LogP contribution in [0.1, 0.15) is 24.0 Å². The Balaban J connectivity index is 1.72. The van der Waals surface area contributed by atoms with Crippen molar-refractivity contribution in [2.75, 3.05) is 13.2 Å². The van der Waals surface area contributed by atoms with Crippen molar-refractivity contribution in [1.82, 2.24) is 4.68 Å². The van der Waals surface area contributed by atoms with Crippen LogP contribution in [-0.2, 0) is 4.74 Å². The van der Waals surface area contributed by atoms with Crippen LogP contribution in [0.3, 0.4) is 0 Å². The van der Waals surface area contributed by atoms with Crippen molar-refractivity contribution in [1.29, 1.82) is 0 Å². The summed E-state index contributed by atoms with van der Waals surface area (Å²) in [7, 11) is 0. The molecule has 0 spiro atoms. The van der Waals surface area contributed by atoms with Gasteiger partial charge in [0.2, 0.25) is 4.80 Å². The van der Waals surface area contributed by atoms with Crippen molar-refractivity contribution in [3.05, 3.63) is 75.9 Å². The van der Waals surface area contributed by atoms with Gasteiger partial charge in [0.25, 0.3) is 0 Å². The Bertz CT molecular complexity index is 982. The molecule has 27 heavy (non-hydrogen) atoms. The first-order valence-corrected chi connectivity index (χ1v) is 10.2. The van der Waals surface area contributed by atoms with Crippen LogP contribution in [0, 0.1) is 6.92 Å². The van der Waals surface area contributed by atoms with Crippen molar-refractivity contribution in [2.24, 2.45) is 10.1 Å². The molecule has 0 amide bonds. The Morgan fingerprint density at radius 2 is 1.96 bits per heavy atom. The number of thiazole rings is 1. The zero-order chi connectivity index (χ0) is 18.5. The maximum atomic E-state index is 5.71. The fraction of sp³-hybridized carbons (Fsp3) is 0.273. The summed E-state index contributed by atoms with van der Waals surface area (Å²) in [5.41, 5.74) is 4.50. The summed E-state index contributed by atoms with van der Waals surface area (Å²) in [5, 5.41) is 6.91. The van der Waals surface area contributed by atoms with Gasteiger partial charge in [0.1, 0.15) is 0 Å². The molecule has 4 nitrogen and oxygen atoms in total. The van der Waals surface area contributed by atoms with Gasteiger partial charge in [-0.25, -0.2) is 4.68 Å². The van der Waals surface area contributed by atoms with Crippen LogP contribution in [0.25, 0.3) is 11.3 Å². The van der Waals surface area contributed by atoms with Gasteiger partial charge in [-0.2, -0.15) is 5.10 Å². The lowest BCUT2D eigenvalue weighted by Gasteiger charge is -2.06. The molecule has 1 aliphatic rings. The molecule has 0 N–H and O–H groups in total. The molecule has 0 unspecified atom stereocenters. The summed E-state index contributed by atoms with van der Waals surface area (Å²) < 4.78 is 7.66. The molecule has 1 atom stereocenters. The van der Waals surface area contributed by atoms with Crippen LogP contribution >= 0.6 is 11.3 Å². The van der Waals surface area contributed by atoms with Crippen LogP contribution in [0.2, 0.25) is 0 Å². The molecular formula is C22H23N3OS. The Kier molecular flexibility index (Phi) is 5.61. The molecule has 0 bridgehead atoms. The quantitative estimate of drug-likeness (QED) is 0.604. The third-order valence-electron chi connectivity index (χ3n) is 4.71. The van der Waals surface area contributed by atoms with E-state index in [2.05, 4.69) is 36.6 Å². The Labute approximate surface area is 163 Å². The first-order chi connectivity index (χ1) is 13.3. The van der Waals surface area contributed by atoms with Crippen molar-refractivity contribution < 1.29 is 4.74 Å². The van der Waals surface area contributed by atoms with Gasteiger partial charge < -0.3 is 4.74 Å². The molecule has 138 valence electrons. The monoisotopic (exact) mass is 377 g/mol. The van der Waals surface area contributed by atoms with Crippen LogP contribution in [-0.4, -0.2) is 30.1 Å². The van der Waals surface area contributed by atoms with E-state index in [0.29, 0.717) is 6.54 Å². The Morgan fingerprint density at radius 3 is 2.74 bits per heavy atom. The molecule has 0 saturated carbocycles. The molecule has 1 fully saturated rings. The molecular weight excluding hydrogens is 354 g/mol. The van der Waals surface area contributed by atoms with Gasteiger partial charge in [-0.15, -0.1) is 11.3 Å². The van der Waals surface area contributed by atoms with E-state index in [1.165, 1.54) is 5.56 Å². The second-order valence-corrected chi connectivity index (χ2v) is 7.49. The molecule has 2 heterocycles. The summed E-state index contributed by atoms with van der Waals surface area (Å²) in [6, 6.07) is 18.6. The summed E-state index contributed by atoms with van der Waals surface area (Å²) in [6.07, 6.45) is 4.37. The minimum atomic E-state index is 0.237. The average Bonchev–Trinajstić information content (AvgIpc) is 3.36. The highest BCUT2D eigenvalue weighted by Crippen LogP contribution is 2.20. The lowest BCUT2D eigenvalue weighted by Crippen LogP contribution is -2.17. The zero-order valence-corrected chi connectivity index (χ0v) is 16.2. The SMILES string of the molecule is Cc1ccccc1/C=N\n1c(-c2ccccc2)csc1=NC[C@H]1CCCO1. The Hall–Kier alpha value is -2.50. The number of aromatic nitrogens is 1. The molecule has 4 rings (SSSR count). The number of benzene rings is 2. The van der Waals surface area contributed by atoms with Gasteiger partial charge in [-0.05, 0) is 30.9 Å². The van der Waals surface area contributed by atoms with Crippen LogP contribution < -0.4 is 4.80 Å². The summed E-state index contributed by atoms with van der Waals surface area (Å²) in [6.45, 7) is 3.64. The van der Waals surface area contributed by atoms with E-state index < -0.39 is 0 Å². The van der Waals surface area contributed by atoms with Gasteiger partial charge >= 0.3 is 0 Å². The fourth-order valence-electron chi connectivity index (χ4n) is 3.15. The first kappa shape index (κ1) is 17.9. The smallest absolute Gasteiger partial charge is 0.206 e. The lowest BCUT2D eigenvalue weighted by atomic mass is 10.1. The van der Waals surface area contributed by atoms with Crippen LogP contribution in [0.4, 0.5) is 0 Å². The largest absolute Gasteiger partial charge is 0.376 e. The molecule has 1 aromatic heterocycles. The second-order valence-electron chi connectivity index (χ2n) is 6.66. The topological polar surface area (TPSA) is 38.9 Å². The van der Waals surface area contributed by atoms with Gasteiger partial charge in [0, 0.05) is 17.6 Å². The second kappa shape index (κ2) is 8.46. The van der Waals surface area contributed by atoms with Crippen molar-refractivity contribution in [3.8, 4) is 11.3 Å². The molecule has 0 radical (unpaired) electrons. The summed E-state index contributed by atoms with van der Waals surface area (Å²) in [5.74, 6) is 0. The average molecular weight is 378 g/mol. The predicted molar refractivity (Wildman–Crippen MR) is 111 cm³/mol. The number of hydrogen-bond acceptors (Lipinski definition) is 4. The summed E-state index contributed by atoms with van der Waals surface area (Å²) in [4.78, 5) is 5.71. The minimum Gasteiger partial charge on any atom is -0.376 e. The molecule has 5 heteroatoms. The number of nitrogens with zero attached hydrogens (tertiary/aromatic N) is 3. The predicted octanol–water partition coefficient (Wildman–Crippen LogP) is 4.49. The highest BCUT2D eigenvalue weighted by Gasteiger charge is 2.15. The van der Waals surface area contributed by atoms with E-state index in [-0.39, 0.29) is 6.10 Å². The minimum absolute atomic E-state index is 0.237. The summed E-state index contributed by atoms with van der Waals surface area (Å²) >= 11 is 1.62. The van der Waals surface area contributed by atoms with Gasteiger partial charge in [-0.3, -0.25) is 4.99 Å². The lowest BCUT2D eigenvalue weighted by molar-refractivity contribution is 0.117. The molecule has 3 aromatic rings. The van der Waals surface area contributed by atoms with Crippen LogP contribution in [0.5, 0.6) is 0 Å². The molecule has 1 saturated heterocycles. The van der Waals surface area contributed by atoms with Gasteiger partial charge in [0.05, 0.1) is 24.6 Å². The number of rotatable bonds is 5. The highest BCUT2D eigenvalue weighted by molar-refractivity contribution is 7.07. The van der Waals surface area contributed by atoms with Gasteiger partial charge in [-0.1, -0.05) is 54.6 Å². The van der Waals surface area contributed by atoms with Gasteiger partial charge in [0.15, 0.2) is 0 Å².